The van der Waals surface area contributed by atoms with Crippen LogP contribution in [0.1, 0.15) is 6.42 Å². The number of nitrogens with one attached hydrogen (secondary N) is 3. The fraction of sp³-hybridized carbons (Fsp3) is 0.333. The van der Waals surface area contributed by atoms with Gasteiger partial charge in [-0.25, -0.2) is 4.79 Å². The maximum absolute atomic E-state index is 11.9. The van der Waals surface area contributed by atoms with Crippen LogP contribution in [0.2, 0.25) is 0 Å². The lowest BCUT2D eigenvalue weighted by Gasteiger charge is -2.10. The number of amides is 1. The molecule has 1 amide bonds. The predicted molar refractivity (Wildman–Crippen MR) is 67.9 cm³/mol. The molecule has 3 rings (SSSR count). The molecule has 0 bridgehead atoms. The molecule has 100 valence electrons. The molecular formula is C12H13N3O4. The van der Waals surface area contributed by atoms with E-state index in [-0.39, 0.29) is 5.91 Å². The number of rotatable bonds is 2. The topological polar surface area (TPSA) is 107 Å². The van der Waals surface area contributed by atoms with E-state index in [4.69, 9.17) is 4.42 Å². The number of β-amino-alcohol motifs (C(OH)–C–C–N with tert-alkyl or cyclic N) is 1. The number of oxazole rings is 1. The van der Waals surface area contributed by atoms with Crippen molar-refractivity contribution in [3.05, 3.63) is 28.7 Å². The molecule has 7 heteroatoms. The molecule has 0 aliphatic carbocycles. The molecule has 7 nitrogen and oxygen atoms in total. The number of hydrogen-bond donors (Lipinski definition) is 4. The standard InChI is InChI=1S/C12H13N3O4/c16-7-4-9(13-5-7)11(17)14-6-1-2-10-8(3-6)15-12(18)19-10/h1-3,7,9,13,16H,4-5H2,(H,14,17)(H,15,18). The average molecular weight is 263 g/mol. The summed E-state index contributed by atoms with van der Waals surface area (Å²) in [4.78, 5) is 25.5. The van der Waals surface area contributed by atoms with Gasteiger partial charge in [-0.2, -0.15) is 0 Å². The first-order valence-corrected chi connectivity index (χ1v) is 5.97. The second-order valence-corrected chi connectivity index (χ2v) is 4.57. The number of carbonyl (C=O) groups is 1. The first-order chi connectivity index (χ1) is 9.11. The molecule has 2 aromatic rings. The second-order valence-electron chi connectivity index (χ2n) is 4.57. The minimum Gasteiger partial charge on any atom is -0.408 e. The third-order valence-corrected chi connectivity index (χ3v) is 3.11. The van der Waals surface area contributed by atoms with Crippen LogP contribution in [0.5, 0.6) is 0 Å². The van der Waals surface area contributed by atoms with Crippen molar-refractivity contribution >= 4 is 22.7 Å². The first-order valence-electron chi connectivity index (χ1n) is 5.97. The number of aliphatic hydroxyl groups is 1. The average Bonchev–Trinajstić information content (AvgIpc) is 2.93. The van der Waals surface area contributed by atoms with E-state index in [2.05, 4.69) is 15.6 Å². The van der Waals surface area contributed by atoms with E-state index in [0.717, 1.165) is 0 Å². The van der Waals surface area contributed by atoms with Gasteiger partial charge in [0.2, 0.25) is 5.91 Å². The predicted octanol–water partition coefficient (Wildman–Crippen LogP) is -0.218. The zero-order valence-electron chi connectivity index (χ0n) is 9.97. The Morgan fingerprint density at radius 3 is 3.05 bits per heavy atom. The van der Waals surface area contributed by atoms with Crippen LogP contribution in [0.3, 0.4) is 0 Å². The lowest BCUT2D eigenvalue weighted by molar-refractivity contribution is -0.117. The fourth-order valence-corrected chi connectivity index (χ4v) is 2.18. The normalized spacial score (nSPS) is 22.8. The highest BCUT2D eigenvalue weighted by Gasteiger charge is 2.27. The molecule has 1 saturated heterocycles. The molecule has 2 atom stereocenters. The van der Waals surface area contributed by atoms with Gasteiger partial charge in [0.1, 0.15) is 0 Å². The number of aliphatic hydroxyl groups excluding tert-OH is 1. The van der Waals surface area contributed by atoms with Crippen molar-refractivity contribution in [1.82, 2.24) is 10.3 Å². The number of benzene rings is 1. The summed E-state index contributed by atoms with van der Waals surface area (Å²) in [6, 6.07) is 4.50. The summed E-state index contributed by atoms with van der Waals surface area (Å²) >= 11 is 0. The maximum Gasteiger partial charge on any atom is 0.417 e. The van der Waals surface area contributed by atoms with Crippen molar-refractivity contribution in [1.29, 1.82) is 0 Å². The molecule has 2 heterocycles. The molecule has 0 spiro atoms. The Morgan fingerprint density at radius 1 is 1.47 bits per heavy atom. The van der Waals surface area contributed by atoms with Crippen molar-refractivity contribution in [3.8, 4) is 0 Å². The molecule has 19 heavy (non-hydrogen) atoms. The van der Waals surface area contributed by atoms with Crippen LogP contribution in [0, 0.1) is 0 Å². The highest BCUT2D eigenvalue weighted by Crippen LogP contribution is 2.17. The Hall–Kier alpha value is -2.12. The quantitative estimate of drug-likeness (QED) is 0.599. The number of aromatic nitrogens is 1. The van der Waals surface area contributed by atoms with Crippen LogP contribution in [-0.2, 0) is 4.79 Å². The molecular weight excluding hydrogens is 250 g/mol. The molecule has 1 aromatic carbocycles. The van der Waals surface area contributed by atoms with Gasteiger partial charge < -0.3 is 20.2 Å². The highest BCUT2D eigenvalue weighted by atomic mass is 16.4. The molecule has 1 aromatic heterocycles. The van der Waals surface area contributed by atoms with Gasteiger partial charge in [-0.3, -0.25) is 9.78 Å². The smallest absolute Gasteiger partial charge is 0.408 e. The van der Waals surface area contributed by atoms with Gasteiger partial charge >= 0.3 is 5.76 Å². The van der Waals surface area contributed by atoms with E-state index in [1.165, 1.54) is 0 Å². The summed E-state index contributed by atoms with van der Waals surface area (Å²) in [6.45, 7) is 0.423. The van der Waals surface area contributed by atoms with E-state index < -0.39 is 17.9 Å². The number of aromatic amines is 1. The molecule has 2 unspecified atom stereocenters. The monoisotopic (exact) mass is 263 g/mol. The molecule has 1 aliphatic rings. The minimum absolute atomic E-state index is 0.207. The summed E-state index contributed by atoms with van der Waals surface area (Å²) < 4.78 is 4.87. The van der Waals surface area contributed by atoms with Gasteiger partial charge in [0.05, 0.1) is 17.7 Å². The fourth-order valence-electron chi connectivity index (χ4n) is 2.18. The van der Waals surface area contributed by atoms with Crippen molar-refractivity contribution in [2.45, 2.75) is 18.6 Å². The van der Waals surface area contributed by atoms with Crippen LogP contribution >= 0.6 is 0 Å². The Kier molecular flexibility index (Phi) is 2.84. The zero-order valence-corrected chi connectivity index (χ0v) is 9.97. The molecule has 1 aliphatic heterocycles. The lowest BCUT2D eigenvalue weighted by Crippen LogP contribution is -2.35. The third kappa shape index (κ3) is 2.38. The summed E-state index contributed by atoms with van der Waals surface area (Å²) in [5.74, 6) is -0.735. The van der Waals surface area contributed by atoms with Crippen LogP contribution in [0.15, 0.2) is 27.4 Å². The van der Waals surface area contributed by atoms with Crippen molar-refractivity contribution in [2.75, 3.05) is 11.9 Å². The van der Waals surface area contributed by atoms with Crippen LogP contribution in [0.4, 0.5) is 5.69 Å². The van der Waals surface area contributed by atoms with Crippen molar-refractivity contribution < 1.29 is 14.3 Å². The van der Waals surface area contributed by atoms with E-state index >= 15 is 0 Å². The Labute approximate surface area is 107 Å². The summed E-state index contributed by atoms with van der Waals surface area (Å²) in [5, 5.41) is 15.0. The van der Waals surface area contributed by atoms with Gasteiger partial charge in [0, 0.05) is 12.2 Å². The van der Waals surface area contributed by atoms with Crippen LogP contribution < -0.4 is 16.4 Å². The Balaban J connectivity index is 1.77. The molecule has 1 fully saturated rings. The largest absolute Gasteiger partial charge is 0.417 e. The van der Waals surface area contributed by atoms with Gasteiger partial charge in [-0.15, -0.1) is 0 Å². The van der Waals surface area contributed by atoms with Gasteiger partial charge in [0.25, 0.3) is 0 Å². The van der Waals surface area contributed by atoms with E-state index in [1.54, 1.807) is 18.2 Å². The van der Waals surface area contributed by atoms with Crippen LogP contribution in [0.25, 0.3) is 11.1 Å². The molecule has 4 N–H and O–H groups in total. The summed E-state index contributed by atoms with van der Waals surface area (Å²) in [6.07, 6.45) is -0.0835. The van der Waals surface area contributed by atoms with E-state index in [1.807, 2.05) is 0 Å². The zero-order chi connectivity index (χ0) is 13.4. The van der Waals surface area contributed by atoms with Crippen molar-refractivity contribution in [2.24, 2.45) is 0 Å². The van der Waals surface area contributed by atoms with Crippen molar-refractivity contribution in [3.63, 3.8) is 0 Å². The lowest BCUT2D eigenvalue weighted by atomic mass is 10.2. The number of H-pyrrole nitrogens is 1. The van der Waals surface area contributed by atoms with E-state index in [0.29, 0.717) is 29.8 Å². The Bertz CT molecular complexity index is 675. The third-order valence-electron chi connectivity index (χ3n) is 3.11. The number of anilines is 1. The maximum atomic E-state index is 11.9. The van der Waals surface area contributed by atoms with Crippen LogP contribution in [-0.4, -0.2) is 34.7 Å². The molecule has 0 radical (unpaired) electrons. The first kappa shape index (κ1) is 11.9. The summed E-state index contributed by atoms with van der Waals surface area (Å²) in [7, 11) is 0. The summed E-state index contributed by atoms with van der Waals surface area (Å²) in [5.41, 5.74) is 1.54. The highest BCUT2D eigenvalue weighted by molar-refractivity contribution is 5.96. The minimum atomic E-state index is -0.529. The second kappa shape index (κ2) is 4.52. The molecule has 0 saturated carbocycles. The van der Waals surface area contributed by atoms with Gasteiger partial charge in [-0.1, -0.05) is 0 Å². The number of carbonyl (C=O) groups excluding carboxylic acids is 1. The van der Waals surface area contributed by atoms with Gasteiger partial charge in [0.15, 0.2) is 5.58 Å². The number of hydrogen-bond acceptors (Lipinski definition) is 5. The van der Waals surface area contributed by atoms with Gasteiger partial charge in [-0.05, 0) is 24.6 Å². The number of fused-ring (bicyclic) bond motifs is 1. The SMILES string of the molecule is O=C(Nc1ccc2oc(=O)[nH]c2c1)C1CC(O)CN1. The van der Waals surface area contributed by atoms with E-state index in [9.17, 15) is 14.7 Å². The Morgan fingerprint density at radius 2 is 2.32 bits per heavy atom.